The summed E-state index contributed by atoms with van der Waals surface area (Å²) in [6.07, 6.45) is 1.82. The van der Waals surface area contributed by atoms with Crippen molar-refractivity contribution in [1.82, 2.24) is 9.88 Å². The third-order valence-electron chi connectivity index (χ3n) is 3.55. The van der Waals surface area contributed by atoms with E-state index in [-0.39, 0.29) is 5.91 Å². The van der Waals surface area contributed by atoms with Crippen molar-refractivity contribution in [2.75, 3.05) is 0 Å². The highest BCUT2D eigenvalue weighted by atomic mass is 32.1. The predicted molar refractivity (Wildman–Crippen MR) is 92.4 cm³/mol. The van der Waals surface area contributed by atoms with Crippen molar-refractivity contribution >= 4 is 27.5 Å². The van der Waals surface area contributed by atoms with E-state index in [1.54, 1.807) is 11.3 Å². The third kappa shape index (κ3) is 2.83. The van der Waals surface area contributed by atoms with Crippen LogP contribution in [-0.4, -0.2) is 10.5 Å². The first kappa shape index (κ1) is 14.6. The number of aromatic nitrogens is 1. The number of rotatable bonds is 5. The molecule has 0 aliphatic carbocycles. The zero-order valence-corrected chi connectivity index (χ0v) is 13.3. The Kier molecular flexibility index (Phi) is 4.11. The highest BCUT2D eigenvalue weighted by Gasteiger charge is 2.16. The Bertz CT molecular complexity index is 814. The molecule has 1 N–H and O–H groups in total. The Labute approximate surface area is 133 Å². The second-order valence-corrected chi connectivity index (χ2v) is 6.49. The molecule has 0 unspecified atom stereocenters. The van der Waals surface area contributed by atoms with Gasteiger partial charge in [-0.2, -0.15) is 0 Å². The summed E-state index contributed by atoms with van der Waals surface area (Å²) in [5.74, 6) is -0.0493. The molecular weight excluding hydrogens is 292 g/mol. The fraction of sp³-hybridized carbons (Fsp3) is 0.167. The maximum Gasteiger partial charge on any atom is 0.268 e. The Morgan fingerprint density at radius 3 is 2.82 bits per heavy atom. The summed E-state index contributed by atoms with van der Waals surface area (Å²) in [6.45, 7) is 7.04. The lowest BCUT2D eigenvalue weighted by Gasteiger charge is -2.09. The fourth-order valence-electron chi connectivity index (χ4n) is 2.55. The number of benzene rings is 1. The summed E-state index contributed by atoms with van der Waals surface area (Å²) in [5, 5.41) is 2.99. The third-order valence-corrected chi connectivity index (χ3v) is 4.54. The largest absolute Gasteiger partial charge is 0.347 e. The zero-order chi connectivity index (χ0) is 15.5. The van der Waals surface area contributed by atoms with E-state index in [0.717, 1.165) is 15.8 Å². The quantitative estimate of drug-likeness (QED) is 0.706. The van der Waals surface area contributed by atoms with Crippen LogP contribution in [0.25, 0.3) is 10.2 Å². The predicted octanol–water partition coefficient (Wildman–Crippen LogP) is 4.13. The summed E-state index contributed by atoms with van der Waals surface area (Å²) >= 11 is 1.71. The lowest BCUT2D eigenvalue weighted by molar-refractivity contribution is 0.0942. The molecule has 0 aliphatic rings. The molecule has 1 aromatic carbocycles. The average molecular weight is 310 g/mol. The van der Waals surface area contributed by atoms with Crippen molar-refractivity contribution in [3.63, 3.8) is 0 Å². The van der Waals surface area contributed by atoms with Gasteiger partial charge in [0.15, 0.2) is 0 Å². The second-order valence-electron chi connectivity index (χ2n) is 5.20. The maximum absolute atomic E-state index is 12.5. The summed E-state index contributed by atoms with van der Waals surface area (Å²) < 4.78 is 3.16. The van der Waals surface area contributed by atoms with Gasteiger partial charge in [0.1, 0.15) is 5.69 Å². The van der Waals surface area contributed by atoms with Gasteiger partial charge in [0.05, 0.1) is 10.2 Å². The van der Waals surface area contributed by atoms with Crippen LogP contribution in [0.5, 0.6) is 0 Å². The highest BCUT2D eigenvalue weighted by Crippen LogP contribution is 2.28. The molecule has 22 heavy (non-hydrogen) atoms. The molecule has 0 radical (unpaired) electrons. The Hall–Kier alpha value is -2.33. The second kappa shape index (κ2) is 6.20. The molecule has 0 atom stereocenters. The van der Waals surface area contributed by atoms with Gasteiger partial charge in [-0.05, 0) is 24.6 Å². The standard InChI is InChI=1S/C18H18N2OS/c1-3-9-20-15-10-13(2)22-17(15)11-16(20)18(21)19-12-14-7-5-4-6-8-14/h3-8,10-11H,1,9,12H2,2H3,(H,19,21). The molecule has 2 heterocycles. The van der Waals surface area contributed by atoms with Gasteiger partial charge >= 0.3 is 0 Å². The van der Waals surface area contributed by atoms with Gasteiger partial charge in [-0.3, -0.25) is 4.79 Å². The van der Waals surface area contributed by atoms with E-state index in [9.17, 15) is 4.79 Å². The minimum atomic E-state index is -0.0493. The van der Waals surface area contributed by atoms with Crippen LogP contribution in [0.15, 0.2) is 55.1 Å². The summed E-state index contributed by atoms with van der Waals surface area (Å²) in [7, 11) is 0. The number of amides is 1. The van der Waals surface area contributed by atoms with Gasteiger partial charge in [0.2, 0.25) is 0 Å². The molecule has 0 saturated heterocycles. The fourth-order valence-corrected chi connectivity index (χ4v) is 3.51. The Morgan fingerprint density at radius 2 is 2.09 bits per heavy atom. The molecule has 0 fully saturated rings. The molecule has 0 bridgehead atoms. The minimum Gasteiger partial charge on any atom is -0.347 e. The van der Waals surface area contributed by atoms with Crippen molar-refractivity contribution in [1.29, 1.82) is 0 Å². The normalized spacial score (nSPS) is 10.8. The van der Waals surface area contributed by atoms with E-state index >= 15 is 0 Å². The van der Waals surface area contributed by atoms with Crippen LogP contribution in [0.3, 0.4) is 0 Å². The van der Waals surface area contributed by atoms with Crippen molar-refractivity contribution < 1.29 is 4.79 Å². The van der Waals surface area contributed by atoms with Crippen LogP contribution >= 0.6 is 11.3 Å². The summed E-state index contributed by atoms with van der Waals surface area (Å²) in [6, 6.07) is 14.0. The van der Waals surface area contributed by atoms with Gasteiger partial charge in [-0.1, -0.05) is 36.4 Å². The number of aryl methyl sites for hydroxylation is 1. The van der Waals surface area contributed by atoms with Gasteiger partial charge in [0, 0.05) is 18.0 Å². The zero-order valence-electron chi connectivity index (χ0n) is 12.5. The number of carbonyl (C=O) groups excluding carboxylic acids is 1. The first-order valence-corrected chi connectivity index (χ1v) is 8.03. The Balaban J connectivity index is 1.85. The number of nitrogens with zero attached hydrogens (tertiary/aromatic N) is 1. The molecular formula is C18H18N2OS. The van der Waals surface area contributed by atoms with Gasteiger partial charge in [0.25, 0.3) is 5.91 Å². The maximum atomic E-state index is 12.5. The van der Waals surface area contributed by atoms with Crippen LogP contribution in [0.1, 0.15) is 20.9 Å². The molecule has 3 nitrogen and oxygen atoms in total. The van der Waals surface area contributed by atoms with Crippen molar-refractivity contribution in [3.8, 4) is 0 Å². The smallest absolute Gasteiger partial charge is 0.268 e. The number of thiophene rings is 1. The number of carbonyl (C=O) groups is 1. The number of fused-ring (bicyclic) bond motifs is 1. The lowest BCUT2D eigenvalue weighted by Crippen LogP contribution is -2.25. The van der Waals surface area contributed by atoms with E-state index in [4.69, 9.17) is 0 Å². The van der Waals surface area contributed by atoms with Crippen molar-refractivity contribution in [2.24, 2.45) is 0 Å². The SMILES string of the molecule is C=CCn1c(C(=O)NCc2ccccc2)cc2sc(C)cc21. The molecule has 3 aromatic rings. The number of hydrogen-bond acceptors (Lipinski definition) is 2. The average Bonchev–Trinajstić information content (AvgIpc) is 3.04. The molecule has 2 aromatic heterocycles. The first-order chi connectivity index (χ1) is 10.7. The lowest BCUT2D eigenvalue weighted by atomic mass is 10.2. The number of hydrogen-bond donors (Lipinski definition) is 1. The molecule has 0 saturated carbocycles. The molecule has 3 rings (SSSR count). The van der Waals surface area contributed by atoms with E-state index < -0.39 is 0 Å². The van der Waals surface area contributed by atoms with E-state index in [1.807, 2.05) is 47.0 Å². The monoisotopic (exact) mass is 310 g/mol. The van der Waals surface area contributed by atoms with Gasteiger partial charge < -0.3 is 9.88 Å². The summed E-state index contributed by atoms with van der Waals surface area (Å²) in [5.41, 5.74) is 2.89. The van der Waals surface area contributed by atoms with Gasteiger partial charge in [-0.25, -0.2) is 0 Å². The van der Waals surface area contributed by atoms with Crippen LogP contribution in [0.2, 0.25) is 0 Å². The first-order valence-electron chi connectivity index (χ1n) is 7.21. The summed E-state index contributed by atoms with van der Waals surface area (Å²) in [4.78, 5) is 13.8. The molecule has 0 aliphatic heterocycles. The molecule has 112 valence electrons. The van der Waals surface area contributed by atoms with E-state index in [0.29, 0.717) is 18.8 Å². The molecule has 0 spiro atoms. The molecule has 4 heteroatoms. The van der Waals surface area contributed by atoms with Crippen LogP contribution in [0.4, 0.5) is 0 Å². The van der Waals surface area contributed by atoms with E-state index in [1.165, 1.54) is 4.88 Å². The van der Waals surface area contributed by atoms with Crippen molar-refractivity contribution in [3.05, 3.63) is 71.3 Å². The van der Waals surface area contributed by atoms with Crippen LogP contribution < -0.4 is 5.32 Å². The van der Waals surface area contributed by atoms with Crippen molar-refractivity contribution in [2.45, 2.75) is 20.0 Å². The van der Waals surface area contributed by atoms with Crippen LogP contribution in [-0.2, 0) is 13.1 Å². The number of nitrogens with one attached hydrogen (secondary N) is 1. The van der Waals surface area contributed by atoms with Crippen LogP contribution in [0, 0.1) is 6.92 Å². The van der Waals surface area contributed by atoms with Gasteiger partial charge in [-0.15, -0.1) is 17.9 Å². The topological polar surface area (TPSA) is 34.0 Å². The highest BCUT2D eigenvalue weighted by molar-refractivity contribution is 7.19. The molecule has 1 amide bonds. The number of allylic oxidation sites excluding steroid dienone is 1. The Morgan fingerprint density at radius 1 is 1.32 bits per heavy atom. The minimum absolute atomic E-state index is 0.0493. The van der Waals surface area contributed by atoms with E-state index in [2.05, 4.69) is 24.9 Å².